The number of imidazole rings is 1. The van der Waals surface area contributed by atoms with Crippen molar-refractivity contribution in [2.45, 2.75) is 44.1 Å². The summed E-state index contributed by atoms with van der Waals surface area (Å²) >= 11 is 0. The fourth-order valence-electron chi connectivity index (χ4n) is 4.97. The van der Waals surface area contributed by atoms with E-state index in [-0.39, 0.29) is 11.5 Å². The predicted octanol–water partition coefficient (Wildman–Crippen LogP) is 3.12. The Balaban J connectivity index is 1.29. The van der Waals surface area contributed by atoms with Crippen molar-refractivity contribution in [1.29, 1.82) is 0 Å². The highest BCUT2D eigenvalue weighted by atomic mass is 16.1. The lowest BCUT2D eigenvalue weighted by atomic mass is 9.96. The molecule has 1 aliphatic carbocycles. The van der Waals surface area contributed by atoms with Gasteiger partial charge in [-0.05, 0) is 25.0 Å². The highest BCUT2D eigenvalue weighted by Gasteiger charge is 2.33. The zero-order valence-corrected chi connectivity index (χ0v) is 17.1. The largest absolute Gasteiger partial charge is 0.341 e. The Morgan fingerprint density at radius 2 is 1.87 bits per heavy atom. The highest BCUT2D eigenvalue weighted by Crippen LogP contribution is 2.32. The van der Waals surface area contributed by atoms with Gasteiger partial charge in [0.2, 0.25) is 5.95 Å². The molecule has 0 spiro atoms. The van der Waals surface area contributed by atoms with Crippen LogP contribution in [0.2, 0.25) is 0 Å². The molecule has 4 aromatic rings. The summed E-state index contributed by atoms with van der Waals surface area (Å²) in [7, 11) is 2.05. The minimum atomic E-state index is -0.0850. The standard InChI is InChI=1S/C22H25N7O/c1-27-18-10-6-5-9-17(18)24-22(27)28-12-14(13-28)19-25-20-16(21(30)26-19)11-23-29(20)15-7-3-2-4-8-15/h5-6,9-11,14-15H,2-4,7-8,12-13H2,1H3,(H,25,26,30). The maximum Gasteiger partial charge on any atom is 0.262 e. The van der Waals surface area contributed by atoms with Crippen molar-refractivity contribution in [2.24, 2.45) is 7.05 Å². The van der Waals surface area contributed by atoms with E-state index in [0.717, 1.165) is 54.4 Å². The summed E-state index contributed by atoms with van der Waals surface area (Å²) in [4.78, 5) is 27.6. The topological polar surface area (TPSA) is 84.6 Å². The Morgan fingerprint density at radius 1 is 1.07 bits per heavy atom. The molecule has 1 saturated carbocycles. The average Bonchev–Trinajstić information content (AvgIpc) is 3.30. The maximum absolute atomic E-state index is 12.7. The van der Waals surface area contributed by atoms with E-state index in [1.165, 1.54) is 19.3 Å². The molecule has 6 rings (SSSR count). The van der Waals surface area contributed by atoms with Crippen LogP contribution in [-0.4, -0.2) is 42.4 Å². The molecule has 0 unspecified atom stereocenters. The molecular formula is C22H25N7O. The number of para-hydroxylation sites is 2. The van der Waals surface area contributed by atoms with Gasteiger partial charge >= 0.3 is 0 Å². The Hall–Kier alpha value is -3.16. The van der Waals surface area contributed by atoms with Gasteiger partial charge in [0.05, 0.1) is 29.2 Å². The van der Waals surface area contributed by atoms with Gasteiger partial charge in [-0.2, -0.15) is 5.10 Å². The number of anilines is 1. The summed E-state index contributed by atoms with van der Waals surface area (Å²) in [6.45, 7) is 1.59. The summed E-state index contributed by atoms with van der Waals surface area (Å²) in [5.41, 5.74) is 2.78. The van der Waals surface area contributed by atoms with E-state index in [4.69, 9.17) is 9.97 Å². The number of fused-ring (bicyclic) bond motifs is 2. The van der Waals surface area contributed by atoms with Crippen LogP contribution in [0.4, 0.5) is 5.95 Å². The molecule has 1 aliphatic heterocycles. The van der Waals surface area contributed by atoms with Crippen LogP contribution in [0.1, 0.15) is 49.9 Å². The number of hydrogen-bond acceptors (Lipinski definition) is 5. The summed E-state index contributed by atoms with van der Waals surface area (Å²) in [6, 6.07) is 8.53. The molecule has 0 bridgehead atoms. The van der Waals surface area contributed by atoms with E-state index in [1.54, 1.807) is 6.20 Å². The van der Waals surface area contributed by atoms with E-state index < -0.39 is 0 Å². The molecule has 30 heavy (non-hydrogen) atoms. The summed E-state index contributed by atoms with van der Waals surface area (Å²) < 4.78 is 4.12. The highest BCUT2D eigenvalue weighted by molar-refractivity contribution is 5.79. The zero-order chi connectivity index (χ0) is 20.2. The molecule has 3 aromatic heterocycles. The number of rotatable bonds is 3. The Bertz CT molecular complexity index is 1290. The summed E-state index contributed by atoms with van der Waals surface area (Å²) in [5.74, 6) is 1.92. The molecule has 1 saturated heterocycles. The SMILES string of the molecule is Cn1c(N2CC(c3nc4c(cnn4C4CCCCC4)c(=O)[nH]3)C2)nc2ccccc21. The second-order valence-corrected chi connectivity index (χ2v) is 8.63. The molecule has 8 heteroatoms. The van der Waals surface area contributed by atoms with Crippen molar-refractivity contribution < 1.29 is 0 Å². The molecule has 0 radical (unpaired) electrons. The second kappa shape index (κ2) is 6.68. The van der Waals surface area contributed by atoms with Gasteiger partial charge < -0.3 is 14.5 Å². The van der Waals surface area contributed by atoms with Gasteiger partial charge in [-0.3, -0.25) is 4.79 Å². The molecule has 154 valence electrons. The van der Waals surface area contributed by atoms with Gasteiger partial charge in [0, 0.05) is 20.1 Å². The average molecular weight is 403 g/mol. The molecular weight excluding hydrogens is 378 g/mol. The first-order valence-electron chi connectivity index (χ1n) is 10.8. The minimum absolute atomic E-state index is 0.0850. The van der Waals surface area contributed by atoms with Gasteiger partial charge in [0.15, 0.2) is 5.65 Å². The van der Waals surface area contributed by atoms with E-state index in [1.807, 2.05) is 29.9 Å². The zero-order valence-electron chi connectivity index (χ0n) is 17.1. The minimum Gasteiger partial charge on any atom is -0.341 e. The van der Waals surface area contributed by atoms with Gasteiger partial charge in [-0.1, -0.05) is 31.4 Å². The van der Waals surface area contributed by atoms with Crippen molar-refractivity contribution in [3.05, 3.63) is 46.6 Å². The van der Waals surface area contributed by atoms with Crippen LogP contribution in [0.25, 0.3) is 22.1 Å². The van der Waals surface area contributed by atoms with Crippen LogP contribution >= 0.6 is 0 Å². The molecule has 2 aliphatic rings. The van der Waals surface area contributed by atoms with Crippen molar-refractivity contribution in [2.75, 3.05) is 18.0 Å². The number of aromatic nitrogens is 6. The number of benzene rings is 1. The first kappa shape index (κ1) is 17.7. The third kappa shape index (κ3) is 2.66. The molecule has 1 N–H and O–H groups in total. The summed E-state index contributed by atoms with van der Waals surface area (Å²) in [5, 5.41) is 5.13. The van der Waals surface area contributed by atoms with E-state index >= 15 is 0 Å². The monoisotopic (exact) mass is 403 g/mol. The lowest BCUT2D eigenvalue weighted by Crippen LogP contribution is -2.47. The van der Waals surface area contributed by atoms with Crippen molar-refractivity contribution in [1.82, 2.24) is 29.3 Å². The number of aromatic amines is 1. The molecule has 4 heterocycles. The first-order chi connectivity index (χ1) is 14.7. The van der Waals surface area contributed by atoms with E-state index in [0.29, 0.717) is 11.4 Å². The fourth-order valence-corrected chi connectivity index (χ4v) is 4.97. The molecule has 0 atom stereocenters. The lowest BCUT2D eigenvalue weighted by molar-refractivity contribution is 0.335. The number of hydrogen-bond donors (Lipinski definition) is 1. The van der Waals surface area contributed by atoms with Crippen molar-refractivity contribution in [3.8, 4) is 0 Å². The number of H-pyrrole nitrogens is 1. The third-order valence-corrected chi connectivity index (χ3v) is 6.72. The molecule has 1 aromatic carbocycles. The van der Waals surface area contributed by atoms with E-state index in [2.05, 4.69) is 25.6 Å². The molecule has 8 nitrogen and oxygen atoms in total. The molecule has 0 amide bonds. The Morgan fingerprint density at radius 3 is 2.67 bits per heavy atom. The second-order valence-electron chi connectivity index (χ2n) is 8.63. The van der Waals surface area contributed by atoms with Gasteiger partial charge in [-0.15, -0.1) is 0 Å². The lowest BCUT2D eigenvalue weighted by Gasteiger charge is -2.39. The Kier molecular flexibility index (Phi) is 3.94. The van der Waals surface area contributed by atoms with Gasteiger partial charge in [-0.25, -0.2) is 14.6 Å². The van der Waals surface area contributed by atoms with Gasteiger partial charge in [0.25, 0.3) is 5.56 Å². The van der Waals surface area contributed by atoms with Crippen LogP contribution in [0.5, 0.6) is 0 Å². The van der Waals surface area contributed by atoms with E-state index in [9.17, 15) is 4.79 Å². The molecule has 2 fully saturated rings. The first-order valence-corrected chi connectivity index (χ1v) is 10.8. The van der Waals surface area contributed by atoms with Crippen LogP contribution in [-0.2, 0) is 7.05 Å². The number of nitrogens with zero attached hydrogens (tertiary/aromatic N) is 6. The fraction of sp³-hybridized carbons (Fsp3) is 0.455. The normalized spacial score (nSPS) is 18.4. The van der Waals surface area contributed by atoms with Crippen LogP contribution in [0.3, 0.4) is 0 Å². The smallest absolute Gasteiger partial charge is 0.262 e. The van der Waals surface area contributed by atoms with Crippen LogP contribution in [0, 0.1) is 0 Å². The Labute approximate surface area is 173 Å². The number of aryl methyl sites for hydroxylation is 1. The maximum atomic E-state index is 12.7. The number of nitrogens with one attached hydrogen (secondary N) is 1. The van der Waals surface area contributed by atoms with Gasteiger partial charge in [0.1, 0.15) is 11.2 Å². The van der Waals surface area contributed by atoms with Crippen LogP contribution < -0.4 is 10.5 Å². The third-order valence-electron chi connectivity index (χ3n) is 6.72. The summed E-state index contributed by atoms with van der Waals surface area (Å²) in [6.07, 6.45) is 7.63. The predicted molar refractivity (Wildman–Crippen MR) is 116 cm³/mol. The van der Waals surface area contributed by atoms with Crippen molar-refractivity contribution in [3.63, 3.8) is 0 Å². The van der Waals surface area contributed by atoms with Crippen molar-refractivity contribution >= 4 is 28.0 Å². The quantitative estimate of drug-likeness (QED) is 0.568. The van der Waals surface area contributed by atoms with Crippen LogP contribution in [0.15, 0.2) is 35.3 Å².